The maximum absolute atomic E-state index is 12.1. The third kappa shape index (κ3) is 2.15. The van der Waals surface area contributed by atoms with Crippen LogP contribution < -0.4 is 11.1 Å². The Morgan fingerprint density at radius 2 is 2.33 bits per heavy atom. The molecule has 0 aliphatic carbocycles. The number of nitrogens with one attached hydrogen (secondary N) is 1. The molecule has 92 valence electrons. The van der Waals surface area contributed by atoms with E-state index >= 15 is 0 Å². The highest BCUT2D eigenvalue weighted by atomic mass is 32.1. The number of pyridine rings is 1. The molecule has 2 aromatic rings. The Morgan fingerprint density at radius 3 is 2.94 bits per heavy atom. The zero-order valence-corrected chi connectivity index (χ0v) is 11.0. The van der Waals surface area contributed by atoms with Crippen LogP contribution in [0.15, 0.2) is 18.3 Å². The Balaban J connectivity index is 2.41. The number of carbonyl (C=O) groups is 1. The van der Waals surface area contributed by atoms with E-state index in [0.29, 0.717) is 16.1 Å². The first kappa shape index (κ1) is 12.4. The molecule has 0 saturated carbocycles. The summed E-state index contributed by atoms with van der Waals surface area (Å²) in [5, 5.41) is 2.75. The Hall–Kier alpha value is -2.06. The number of rotatable bonds is 2. The minimum absolute atomic E-state index is 0.265. The zero-order valence-electron chi connectivity index (χ0n) is 10.2. The second kappa shape index (κ2) is 4.31. The highest BCUT2D eigenvalue weighted by Gasteiger charge is 2.22. The third-order valence-electron chi connectivity index (χ3n) is 2.48. The summed E-state index contributed by atoms with van der Waals surface area (Å²) in [5.74, 6) is 2.25. The van der Waals surface area contributed by atoms with Crippen molar-refractivity contribution >= 4 is 33.1 Å². The molecule has 1 amide bonds. The molecule has 18 heavy (non-hydrogen) atoms. The summed E-state index contributed by atoms with van der Waals surface area (Å²) in [6.07, 6.45) is 6.99. The van der Waals surface area contributed by atoms with E-state index in [1.54, 1.807) is 20.0 Å². The van der Waals surface area contributed by atoms with Gasteiger partial charge in [-0.2, -0.15) is 0 Å². The molecule has 2 aromatic heterocycles. The first-order valence-corrected chi connectivity index (χ1v) is 6.19. The lowest BCUT2D eigenvalue weighted by Gasteiger charge is -2.18. The van der Waals surface area contributed by atoms with Crippen molar-refractivity contribution < 1.29 is 4.79 Å². The van der Waals surface area contributed by atoms with Gasteiger partial charge in [0.2, 0.25) is 0 Å². The number of amides is 1. The number of hydrogen-bond acceptors (Lipinski definition) is 4. The smallest absolute Gasteiger partial charge is 0.264 e. The summed E-state index contributed by atoms with van der Waals surface area (Å²) in [6.45, 7) is 3.51. The maximum Gasteiger partial charge on any atom is 0.264 e. The van der Waals surface area contributed by atoms with Gasteiger partial charge in [-0.25, -0.2) is 0 Å². The predicted molar refractivity (Wildman–Crippen MR) is 74.4 cm³/mol. The van der Waals surface area contributed by atoms with Crippen LogP contribution in [0.4, 0.5) is 5.69 Å². The number of nitrogens with two attached hydrogens (primary N) is 1. The summed E-state index contributed by atoms with van der Waals surface area (Å²) in [6, 6.07) is 3.69. The van der Waals surface area contributed by atoms with E-state index in [4.69, 9.17) is 12.2 Å². The van der Waals surface area contributed by atoms with E-state index in [1.807, 2.05) is 12.1 Å². The van der Waals surface area contributed by atoms with Crippen molar-refractivity contribution in [3.8, 4) is 12.3 Å². The lowest BCUT2D eigenvalue weighted by molar-refractivity contribution is 0.0935. The molecular formula is C13H13N3OS. The number of terminal acetylenes is 1. The monoisotopic (exact) mass is 259 g/mol. The average Bonchev–Trinajstić information content (AvgIpc) is 2.67. The first-order valence-electron chi connectivity index (χ1n) is 5.38. The van der Waals surface area contributed by atoms with Crippen LogP contribution in [0.25, 0.3) is 10.2 Å². The van der Waals surface area contributed by atoms with Crippen molar-refractivity contribution in [2.24, 2.45) is 0 Å². The van der Waals surface area contributed by atoms with Crippen molar-refractivity contribution in [2.75, 3.05) is 5.73 Å². The number of anilines is 1. The van der Waals surface area contributed by atoms with E-state index in [1.165, 1.54) is 11.3 Å². The number of carbonyl (C=O) groups excluding carboxylic acids is 1. The van der Waals surface area contributed by atoms with Gasteiger partial charge in [-0.15, -0.1) is 17.8 Å². The van der Waals surface area contributed by atoms with Gasteiger partial charge in [0.05, 0.1) is 15.9 Å². The molecule has 0 aliphatic heterocycles. The molecule has 0 fully saturated rings. The zero-order chi connectivity index (χ0) is 13.3. The molecule has 4 nitrogen and oxygen atoms in total. The van der Waals surface area contributed by atoms with Crippen molar-refractivity contribution in [1.82, 2.24) is 10.3 Å². The Kier molecular flexibility index (Phi) is 2.97. The number of nitrogen functional groups attached to an aromatic ring is 1. The van der Waals surface area contributed by atoms with E-state index in [2.05, 4.69) is 16.2 Å². The van der Waals surface area contributed by atoms with Crippen molar-refractivity contribution in [2.45, 2.75) is 19.4 Å². The topological polar surface area (TPSA) is 68.0 Å². The molecule has 0 aliphatic rings. The van der Waals surface area contributed by atoms with E-state index in [0.717, 1.165) is 4.70 Å². The highest BCUT2D eigenvalue weighted by Crippen LogP contribution is 2.31. The van der Waals surface area contributed by atoms with Crippen LogP contribution in [-0.4, -0.2) is 16.4 Å². The fourth-order valence-corrected chi connectivity index (χ4v) is 2.47. The summed E-state index contributed by atoms with van der Waals surface area (Å²) in [4.78, 5) is 16.7. The summed E-state index contributed by atoms with van der Waals surface area (Å²) >= 11 is 1.32. The molecule has 0 atom stereocenters. The van der Waals surface area contributed by atoms with Crippen LogP contribution in [0.5, 0.6) is 0 Å². The summed E-state index contributed by atoms with van der Waals surface area (Å²) < 4.78 is 0.888. The molecule has 0 unspecified atom stereocenters. The molecule has 2 rings (SSSR count). The molecule has 0 radical (unpaired) electrons. The second-order valence-electron chi connectivity index (χ2n) is 4.42. The van der Waals surface area contributed by atoms with E-state index < -0.39 is 5.54 Å². The normalized spacial score (nSPS) is 11.2. The molecule has 0 saturated heterocycles. The van der Waals surface area contributed by atoms with Gasteiger partial charge in [-0.3, -0.25) is 9.78 Å². The standard InChI is InChI=1S/C13H13N3OS/c1-4-13(2,3)16-12(17)11-9(14)10-8(18-11)6-5-7-15-10/h1,5-7H,14H2,2-3H3,(H,16,17). The fraction of sp³-hybridized carbons (Fsp3) is 0.231. The molecule has 2 heterocycles. The fourth-order valence-electron chi connectivity index (χ4n) is 1.49. The second-order valence-corrected chi connectivity index (χ2v) is 5.47. The van der Waals surface area contributed by atoms with Crippen LogP contribution in [0.3, 0.4) is 0 Å². The largest absolute Gasteiger partial charge is 0.396 e. The average molecular weight is 259 g/mol. The maximum atomic E-state index is 12.1. The Labute approximate surface area is 109 Å². The van der Waals surface area contributed by atoms with Gasteiger partial charge in [0.25, 0.3) is 5.91 Å². The van der Waals surface area contributed by atoms with Gasteiger partial charge in [0, 0.05) is 6.20 Å². The molecule has 0 spiro atoms. The number of nitrogens with zero attached hydrogens (tertiary/aromatic N) is 1. The molecule has 0 bridgehead atoms. The lowest BCUT2D eigenvalue weighted by Crippen LogP contribution is -2.41. The van der Waals surface area contributed by atoms with Gasteiger partial charge in [-0.05, 0) is 26.0 Å². The van der Waals surface area contributed by atoms with Crippen LogP contribution >= 0.6 is 11.3 Å². The van der Waals surface area contributed by atoms with Crippen LogP contribution in [-0.2, 0) is 0 Å². The Bertz CT molecular complexity index is 652. The Morgan fingerprint density at radius 1 is 1.61 bits per heavy atom. The van der Waals surface area contributed by atoms with Gasteiger partial charge in [0.1, 0.15) is 10.4 Å². The van der Waals surface area contributed by atoms with Crippen LogP contribution in [0, 0.1) is 12.3 Å². The third-order valence-corrected chi connectivity index (χ3v) is 3.63. The number of thiophene rings is 1. The predicted octanol–water partition coefficient (Wildman–Crippen LogP) is 2.02. The molecule has 3 N–H and O–H groups in total. The molecular weight excluding hydrogens is 246 g/mol. The molecule has 0 aromatic carbocycles. The minimum Gasteiger partial charge on any atom is -0.396 e. The first-order chi connectivity index (χ1) is 8.44. The number of fused-ring (bicyclic) bond motifs is 1. The summed E-state index contributed by atoms with van der Waals surface area (Å²) in [5.41, 5.74) is 6.30. The number of aromatic nitrogens is 1. The van der Waals surface area contributed by atoms with E-state index in [-0.39, 0.29) is 5.91 Å². The quantitative estimate of drug-likeness (QED) is 0.811. The van der Waals surface area contributed by atoms with Crippen LogP contribution in [0.1, 0.15) is 23.5 Å². The van der Waals surface area contributed by atoms with Gasteiger partial charge in [0.15, 0.2) is 0 Å². The van der Waals surface area contributed by atoms with Crippen molar-refractivity contribution in [1.29, 1.82) is 0 Å². The van der Waals surface area contributed by atoms with Crippen molar-refractivity contribution in [3.05, 3.63) is 23.2 Å². The summed E-state index contributed by atoms with van der Waals surface area (Å²) in [7, 11) is 0. The van der Waals surface area contributed by atoms with Crippen LogP contribution in [0.2, 0.25) is 0 Å². The number of hydrogen-bond donors (Lipinski definition) is 2. The minimum atomic E-state index is -0.701. The lowest BCUT2D eigenvalue weighted by atomic mass is 10.1. The van der Waals surface area contributed by atoms with Crippen molar-refractivity contribution in [3.63, 3.8) is 0 Å². The van der Waals surface area contributed by atoms with Gasteiger partial charge < -0.3 is 11.1 Å². The molecule has 5 heteroatoms. The highest BCUT2D eigenvalue weighted by molar-refractivity contribution is 7.21. The van der Waals surface area contributed by atoms with Gasteiger partial charge in [-0.1, -0.05) is 5.92 Å². The SMILES string of the molecule is C#CC(C)(C)NC(=O)c1sc2cccnc2c1N. The van der Waals surface area contributed by atoms with Gasteiger partial charge >= 0.3 is 0 Å². The van der Waals surface area contributed by atoms with E-state index in [9.17, 15) is 4.79 Å².